The molecular formula is C34H60N8O11+4. The second-order valence-corrected chi connectivity index (χ2v) is 15.8. The van der Waals surface area contributed by atoms with Gasteiger partial charge >= 0.3 is 35.8 Å². The number of carbonyl (C=O) groups excluding carboxylic acids is 3. The van der Waals surface area contributed by atoms with Crippen LogP contribution in [0, 0.1) is 0 Å². The largest absolute Gasteiger partial charge is 0.482 e. The monoisotopic (exact) mass is 756 g/mol. The highest BCUT2D eigenvalue weighted by molar-refractivity contribution is 5.82. The fourth-order valence-corrected chi connectivity index (χ4v) is 10.6. The number of ketones is 1. The summed E-state index contributed by atoms with van der Waals surface area (Å²) in [5, 5.41) is 45.7. The third-order valence-electron chi connectivity index (χ3n) is 12.4. The van der Waals surface area contributed by atoms with Crippen molar-refractivity contribution in [1.29, 1.82) is 0 Å². The van der Waals surface area contributed by atoms with Gasteiger partial charge in [-0.25, -0.2) is 19.2 Å². The number of urea groups is 1. The maximum Gasteiger partial charge on any atom is 0.482 e. The molecule has 4 aliphatic rings. The molecule has 0 radical (unpaired) electrons. The summed E-state index contributed by atoms with van der Waals surface area (Å²) in [6, 6.07) is -2.57. The third kappa shape index (κ3) is 8.43. The SMILES string of the molecule is C[N+]12CC[N+]3(CC(=O)O)CC[N+]4(CC(=O)O)CC[N+](CC(=O)CCCCC[C@@H](N)C(=O)NCCCC[C@H](NC(=O)NCCCC(=O)O)C(=O)O)(CC1)[C@@]234. The van der Waals surface area contributed by atoms with Crippen molar-refractivity contribution in [1.82, 2.24) is 16.0 Å². The Hall–Kier alpha value is -3.91. The van der Waals surface area contributed by atoms with E-state index in [1.807, 2.05) is 0 Å². The van der Waals surface area contributed by atoms with E-state index in [-0.39, 0.29) is 63.7 Å². The summed E-state index contributed by atoms with van der Waals surface area (Å²) in [5.41, 5.74) is 6.10. The van der Waals surface area contributed by atoms with Crippen LogP contribution >= 0.6 is 0 Å². The van der Waals surface area contributed by atoms with Crippen molar-refractivity contribution in [2.75, 3.05) is 92.1 Å². The molecular weight excluding hydrogens is 696 g/mol. The molecule has 298 valence electrons. The number of hydrogen-bond acceptors (Lipinski definition) is 8. The van der Waals surface area contributed by atoms with Crippen molar-refractivity contribution in [2.45, 2.75) is 82.2 Å². The van der Waals surface area contributed by atoms with Crippen molar-refractivity contribution >= 4 is 41.6 Å². The van der Waals surface area contributed by atoms with Gasteiger partial charge in [-0.3, -0.25) is 14.4 Å². The molecule has 4 aliphatic heterocycles. The number of aliphatic carboxylic acids is 4. The lowest BCUT2D eigenvalue weighted by Crippen LogP contribution is -2.85. The fraction of sp³-hybridized carbons (Fsp3) is 0.794. The molecule has 0 aromatic rings. The van der Waals surface area contributed by atoms with Crippen LogP contribution in [0.5, 0.6) is 0 Å². The van der Waals surface area contributed by atoms with Crippen molar-refractivity contribution in [2.24, 2.45) is 5.73 Å². The Balaban J connectivity index is 1.18. The molecule has 0 bridgehead atoms. The molecule has 53 heavy (non-hydrogen) atoms. The van der Waals surface area contributed by atoms with Gasteiger partial charge in [-0.2, -0.15) is 8.97 Å². The van der Waals surface area contributed by atoms with Gasteiger partial charge in [-0.1, -0.05) is 12.8 Å². The molecule has 4 saturated heterocycles. The van der Waals surface area contributed by atoms with Crippen LogP contribution in [0.25, 0.3) is 0 Å². The maximum atomic E-state index is 13.7. The number of amides is 3. The van der Waals surface area contributed by atoms with Crippen LogP contribution in [0.4, 0.5) is 4.79 Å². The maximum absolute atomic E-state index is 13.7. The first kappa shape index (κ1) is 41.8. The Labute approximate surface area is 309 Å². The summed E-state index contributed by atoms with van der Waals surface area (Å²) < 4.78 is 1.71. The fourth-order valence-electron chi connectivity index (χ4n) is 10.6. The average Bonchev–Trinajstić information content (AvgIpc) is 3.69. The number of quaternary nitrogens is 4. The molecule has 7 atom stereocenters. The highest BCUT2D eigenvalue weighted by atomic mass is 16.4. The molecule has 4 unspecified atom stereocenters. The standard InChI is InChI=1S/C34H56N8O11/c1-39-14-16-40(18-19-42(24-30(48)49)21-20-41(17-15-39,23-29(46)47)34(39,40)42)22-25(43)8-3-2-4-9-26(35)31(50)36-12-6-5-10-27(32(51)52)38-33(53)37-13-7-11-28(44)45/h26-27H,2-24,35H2,1H3,(H3-4,36,37,38,44,45,46,47,48,49,50,51,52,53)/p+4/t26-,27+,34+,39?,40?,41?,42?/m1/s1. The second-order valence-electron chi connectivity index (χ2n) is 15.8. The van der Waals surface area contributed by atoms with Crippen LogP contribution in [-0.2, 0) is 28.8 Å². The zero-order valence-electron chi connectivity index (χ0n) is 30.9. The topological polar surface area (TPSA) is 263 Å². The smallest absolute Gasteiger partial charge is 0.481 e. The number of carboxylic acid groups (broad SMARTS) is 4. The molecule has 19 nitrogen and oxygen atoms in total. The van der Waals surface area contributed by atoms with Crippen LogP contribution in [0.2, 0.25) is 0 Å². The van der Waals surface area contributed by atoms with Crippen LogP contribution in [0.3, 0.4) is 0 Å². The number of carboxylic acids is 4. The van der Waals surface area contributed by atoms with Gasteiger partial charge < -0.3 is 42.1 Å². The van der Waals surface area contributed by atoms with E-state index >= 15 is 0 Å². The summed E-state index contributed by atoms with van der Waals surface area (Å²) in [4.78, 5) is 84.7. The Morgan fingerprint density at radius 3 is 1.70 bits per heavy atom. The lowest BCUT2D eigenvalue weighted by atomic mass is 10.0. The van der Waals surface area contributed by atoms with Crippen molar-refractivity contribution < 1.29 is 71.9 Å². The number of nitrogens with zero attached hydrogens (tertiary/aromatic N) is 4. The lowest BCUT2D eigenvalue weighted by Gasteiger charge is -2.49. The van der Waals surface area contributed by atoms with Crippen LogP contribution in [0.1, 0.15) is 64.2 Å². The van der Waals surface area contributed by atoms with Gasteiger partial charge in [0.1, 0.15) is 58.4 Å². The molecule has 19 heteroatoms. The van der Waals surface area contributed by atoms with E-state index in [9.17, 15) is 48.9 Å². The summed E-state index contributed by atoms with van der Waals surface area (Å²) >= 11 is 0. The van der Waals surface area contributed by atoms with Crippen molar-refractivity contribution in [3.8, 4) is 0 Å². The predicted octanol–water partition coefficient (Wildman–Crippen LogP) is -1.53. The van der Waals surface area contributed by atoms with Gasteiger partial charge in [0, 0.05) is 25.9 Å². The van der Waals surface area contributed by atoms with Gasteiger partial charge in [-0.05, 0) is 38.5 Å². The van der Waals surface area contributed by atoms with Crippen LogP contribution in [-0.4, -0.2) is 190 Å². The van der Waals surface area contributed by atoms with E-state index in [2.05, 4.69) is 23.0 Å². The number of carbonyl (C=O) groups is 7. The minimum Gasteiger partial charge on any atom is -0.481 e. The van der Waals surface area contributed by atoms with Gasteiger partial charge in [0.05, 0.1) is 13.1 Å². The highest BCUT2D eigenvalue weighted by Crippen LogP contribution is 2.61. The van der Waals surface area contributed by atoms with Gasteiger partial charge in [0.25, 0.3) is 0 Å². The van der Waals surface area contributed by atoms with Gasteiger partial charge in [0.2, 0.25) is 5.91 Å². The number of nitrogens with two attached hydrogens (primary N) is 1. The number of hydrogen-bond donors (Lipinski definition) is 8. The number of Topliss-reactive ketones (excluding diaryl/α,β-unsaturated/α-hetero) is 1. The van der Waals surface area contributed by atoms with E-state index in [4.69, 9.17) is 10.8 Å². The highest BCUT2D eigenvalue weighted by Gasteiger charge is 2.98. The Kier molecular flexibility index (Phi) is 13.5. The number of unbranched alkanes of at least 4 members (excludes halogenated alkanes) is 3. The predicted molar refractivity (Wildman–Crippen MR) is 186 cm³/mol. The number of nitrogens with one attached hydrogen (secondary N) is 3. The van der Waals surface area contributed by atoms with Crippen LogP contribution in [0.15, 0.2) is 0 Å². The molecule has 3 amide bonds. The van der Waals surface area contributed by atoms with E-state index < -0.39 is 47.9 Å². The molecule has 1 spiro atoms. The molecule has 9 N–H and O–H groups in total. The Morgan fingerprint density at radius 2 is 1.15 bits per heavy atom. The zero-order chi connectivity index (χ0) is 39.1. The van der Waals surface area contributed by atoms with E-state index in [1.165, 1.54) is 0 Å². The Morgan fingerprint density at radius 1 is 0.623 bits per heavy atom. The van der Waals surface area contributed by atoms with Gasteiger partial charge in [-0.15, -0.1) is 8.97 Å². The first-order valence-corrected chi connectivity index (χ1v) is 18.9. The molecule has 0 aromatic carbocycles. The summed E-state index contributed by atoms with van der Waals surface area (Å²) in [5.74, 6) is -4.93. The van der Waals surface area contributed by atoms with Crippen molar-refractivity contribution in [3.63, 3.8) is 0 Å². The summed E-state index contributed by atoms with van der Waals surface area (Å²) in [6.45, 7) is 5.89. The van der Waals surface area contributed by atoms with Crippen LogP contribution < -0.4 is 21.7 Å². The minimum absolute atomic E-state index is 0.0713. The number of rotatable bonds is 24. The number of likely N-dealkylation sites (N-methyl/N-ethyl adjacent to an activating group) is 1. The zero-order valence-corrected chi connectivity index (χ0v) is 30.9. The lowest BCUT2D eigenvalue weighted by molar-refractivity contribution is -1.36. The quantitative estimate of drug-likeness (QED) is 0.0412. The molecule has 4 fully saturated rings. The third-order valence-corrected chi connectivity index (χ3v) is 12.4. The summed E-state index contributed by atoms with van der Waals surface area (Å²) in [7, 11) is 2.14. The summed E-state index contributed by atoms with van der Waals surface area (Å²) in [6.07, 6.45) is 3.86. The normalized spacial score (nSPS) is 30.5. The minimum atomic E-state index is -1.20. The average molecular weight is 757 g/mol. The first-order valence-electron chi connectivity index (χ1n) is 18.9. The van der Waals surface area contributed by atoms with E-state index in [0.717, 1.165) is 19.6 Å². The molecule has 4 heterocycles. The first-order chi connectivity index (χ1) is 25.0. The second kappa shape index (κ2) is 17.0. The van der Waals surface area contributed by atoms with Crippen molar-refractivity contribution in [3.05, 3.63) is 0 Å². The molecule has 0 saturated carbocycles. The van der Waals surface area contributed by atoms with E-state index in [0.29, 0.717) is 95.6 Å². The Bertz CT molecular complexity index is 1410. The van der Waals surface area contributed by atoms with Gasteiger partial charge in [0.15, 0.2) is 25.4 Å². The molecule has 0 aromatic heterocycles. The molecule has 4 rings (SSSR count). The molecule has 0 aliphatic carbocycles. The van der Waals surface area contributed by atoms with E-state index in [1.54, 1.807) is 0 Å².